The fourth-order valence-electron chi connectivity index (χ4n) is 9.95. The number of fused-ring (bicyclic) bond motifs is 12. The Balaban J connectivity index is 1.21. The van der Waals surface area contributed by atoms with E-state index in [1.165, 1.54) is 0 Å². The zero-order chi connectivity index (χ0) is 48.8. The Labute approximate surface area is 377 Å². The second-order valence-electron chi connectivity index (χ2n) is 15.9. The molecule has 6 nitrogen and oxygen atoms in total. The van der Waals surface area contributed by atoms with Crippen molar-refractivity contribution in [3.8, 4) is 39.8 Å². The van der Waals surface area contributed by atoms with Crippen LogP contribution in [0.3, 0.4) is 0 Å². The van der Waals surface area contributed by atoms with Crippen molar-refractivity contribution in [1.29, 1.82) is 0 Å². The molecule has 0 aliphatic carbocycles. The first-order valence-corrected chi connectivity index (χ1v) is 21.0. The number of hydrogen-bond acceptors (Lipinski definition) is 3. The molecule has 0 aliphatic rings. The lowest BCUT2D eigenvalue weighted by Gasteiger charge is -2.20. The van der Waals surface area contributed by atoms with Crippen molar-refractivity contribution >= 4 is 87.4 Å². The van der Waals surface area contributed by atoms with Gasteiger partial charge in [-0.2, -0.15) is 4.98 Å². The molecule has 0 fully saturated rings. The van der Waals surface area contributed by atoms with E-state index in [2.05, 4.69) is 53.1 Å². The second-order valence-corrected chi connectivity index (χ2v) is 15.9. The summed E-state index contributed by atoms with van der Waals surface area (Å²) in [5.74, 6) is 0.327. The number of rotatable bonds is 5. The topological polar surface area (TPSA) is 53.7 Å². The van der Waals surface area contributed by atoms with Crippen LogP contribution in [0.1, 0.15) is 11.0 Å². The van der Waals surface area contributed by atoms with E-state index in [1.807, 2.05) is 115 Å². The highest BCUT2D eigenvalue weighted by atomic mass is 16.3. The van der Waals surface area contributed by atoms with Crippen LogP contribution in [0.2, 0.25) is 0 Å². The molecule has 0 spiro atoms. The van der Waals surface area contributed by atoms with Gasteiger partial charge in [-0.25, -0.2) is 4.98 Å². The Morgan fingerprint density at radius 3 is 1.56 bits per heavy atom. The maximum absolute atomic E-state index is 9.47. The minimum atomic E-state index is -0.411. The summed E-state index contributed by atoms with van der Waals surface area (Å²) in [7, 11) is 0. The van der Waals surface area contributed by atoms with Crippen LogP contribution in [-0.2, 0) is 0 Å². The molecule has 0 saturated carbocycles. The standard InChI is InChI=1S/C58H35N5O/c1-8-26-46-36(17-1)37-18-2-9-27-47(37)61(46)52-32-15-24-43(42-25-16-34-54-56(42)44-23-7-14-33-53(44)64-54)57(52)45-35-55(62-48-28-10-3-19-38(48)39-20-4-11-29-49(39)62)60-58(59-45)63-50-30-12-5-21-40(50)41-22-6-13-31-51(41)63/h1-35H/i3D,5D,10D,12D,19D,21D,28D,30D. The van der Waals surface area contributed by atoms with Gasteiger partial charge in [-0.1, -0.05) is 152 Å². The second kappa shape index (κ2) is 13.4. The van der Waals surface area contributed by atoms with E-state index in [0.29, 0.717) is 49.4 Å². The van der Waals surface area contributed by atoms with Crippen LogP contribution in [0.4, 0.5) is 0 Å². The van der Waals surface area contributed by atoms with Gasteiger partial charge >= 0.3 is 0 Å². The summed E-state index contributed by atoms with van der Waals surface area (Å²) >= 11 is 0. The van der Waals surface area contributed by atoms with Crippen molar-refractivity contribution < 1.29 is 15.4 Å². The van der Waals surface area contributed by atoms with E-state index < -0.39 is 12.1 Å². The third kappa shape index (κ3) is 4.90. The third-order valence-electron chi connectivity index (χ3n) is 12.6. The van der Waals surface area contributed by atoms with E-state index in [9.17, 15) is 5.48 Å². The summed E-state index contributed by atoms with van der Waals surface area (Å²) in [6.45, 7) is 0. The van der Waals surface area contributed by atoms with Crippen LogP contribution in [0, 0.1) is 0 Å². The fraction of sp³-hybridized carbons (Fsp3) is 0. The van der Waals surface area contributed by atoms with Crippen molar-refractivity contribution in [3.05, 3.63) is 212 Å². The van der Waals surface area contributed by atoms with Crippen LogP contribution in [0.15, 0.2) is 217 Å². The summed E-state index contributed by atoms with van der Waals surface area (Å²) in [6, 6.07) is 50.8. The van der Waals surface area contributed by atoms with Crippen LogP contribution < -0.4 is 0 Å². The smallest absolute Gasteiger partial charge is 0.237 e. The minimum absolute atomic E-state index is 0.0699. The van der Waals surface area contributed by atoms with Gasteiger partial charge in [-0.3, -0.25) is 9.13 Å². The van der Waals surface area contributed by atoms with Crippen molar-refractivity contribution in [2.45, 2.75) is 0 Å². The molecule has 0 radical (unpaired) electrons. The van der Waals surface area contributed by atoms with Crippen LogP contribution in [0.5, 0.6) is 0 Å². The molecule has 14 rings (SSSR count). The lowest BCUT2D eigenvalue weighted by Crippen LogP contribution is -2.09. The number of hydrogen-bond donors (Lipinski definition) is 0. The van der Waals surface area contributed by atoms with Gasteiger partial charge in [-0.15, -0.1) is 0 Å². The molecular weight excluding hydrogens is 783 g/mol. The van der Waals surface area contributed by atoms with Gasteiger partial charge in [0.05, 0.1) is 55.4 Å². The molecule has 64 heavy (non-hydrogen) atoms. The minimum Gasteiger partial charge on any atom is -0.456 e. The normalized spacial score (nSPS) is 13.8. The van der Waals surface area contributed by atoms with E-state index in [-0.39, 0.29) is 59.1 Å². The van der Waals surface area contributed by atoms with Crippen molar-refractivity contribution in [3.63, 3.8) is 0 Å². The predicted octanol–water partition coefficient (Wildman–Crippen LogP) is 15.0. The highest BCUT2D eigenvalue weighted by molar-refractivity contribution is 6.16. The van der Waals surface area contributed by atoms with Crippen molar-refractivity contribution in [2.24, 2.45) is 0 Å². The molecule has 6 heteroatoms. The molecule has 0 atom stereocenters. The van der Waals surface area contributed by atoms with Gasteiger partial charge in [0.25, 0.3) is 0 Å². The maximum Gasteiger partial charge on any atom is 0.237 e. The molecular formula is C58H35N5O. The maximum atomic E-state index is 9.47. The number of benzene rings is 9. The van der Waals surface area contributed by atoms with Gasteiger partial charge in [-0.05, 0) is 65.7 Å². The molecule has 0 unspecified atom stereocenters. The average molecular weight is 826 g/mol. The summed E-state index contributed by atoms with van der Waals surface area (Å²) in [5, 5.41) is 5.74. The largest absolute Gasteiger partial charge is 0.456 e. The van der Waals surface area contributed by atoms with Gasteiger partial charge in [0, 0.05) is 54.7 Å². The zero-order valence-electron chi connectivity index (χ0n) is 41.7. The highest BCUT2D eigenvalue weighted by Crippen LogP contribution is 2.45. The first kappa shape index (κ1) is 28.0. The third-order valence-corrected chi connectivity index (χ3v) is 12.6. The highest BCUT2D eigenvalue weighted by Gasteiger charge is 2.25. The van der Waals surface area contributed by atoms with Gasteiger partial charge in [0.15, 0.2) is 0 Å². The molecule has 298 valence electrons. The molecule has 5 aromatic heterocycles. The van der Waals surface area contributed by atoms with E-state index in [0.717, 1.165) is 55.0 Å². The van der Waals surface area contributed by atoms with Crippen LogP contribution >= 0.6 is 0 Å². The predicted molar refractivity (Wildman–Crippen MR) is 263 cm³/mol. The van der Waals surface area contributed by atoms with Crippen LogP contribution in [0.25, 0.3) is 127 Å². The molecule has 0 amide bonds. The number of nitrogens with zero attached hydrogens (tertiary/aromatic N) is 5. The summed E-state index contributed by atoms with van der Waals surface area (Å²) in [5.41, 5.74) is 8.41. The summed E-state index contributed by atoms with van der Waals surface area (Å²) < 4.78 is 84.9. The molecule has 9 aromatic carbocycles. The number of para-hydroxylation sites is 7. The quantitative estimate of drug-likeness (QED) is 0.174. The van der Waals surface area contributed by atoms with Gasteiger partial charge < -0.3 is 8.98 Å². The summed E-state index contributed by atoms with van der Waals surface area (Å²) in [4.78, 5) is 10.9. The Morgan fingerprint density at radius 2 is 0.891 bits per heavy atom. The Kier molecular flexibility index (Phi) is 5.85. The fourth-order valence-corrected chi connectivity index (χ4v) is 9.95. The van der Waals surface area contributed by atoms with E-state index in [4.69, 9.17) is 19.9 Å². The first-order valence-electron chi connectivity index (χ1n) is 25.0. The lowest BCUT2D eigenvalue weighted by atomic mass is 9.92. The first-order chi connectivity index (χ1) is 35.1. The summed E-state index contributed by atoms with van der Waals surface area (Å²) in [6.07, 6.45) is 0. The molecule has 14 aromatic rings. The Morgan fingerprint density at radius 1 is 0.391 bits per heavy atom. The van der Waals surface area contributed by atoms with Gasteiger partial charge in [0.2, 0.25) is 5.95 Å². The molecule has 0 bridgehead atoms. The van der Waals surface area contributed by atoms with E-state index >= 15 is 0 Å². The molecule has 0 saturated heterocycles. The van der Waals surface area contributed by atoms with Crippen LogP contribution in [-0.4, -0.2) is 23.7 Å². The monoisotopic (exact) mass is 825 g/mol. The molecule has 0 N–H and O–H groups in total. The molecule has 5 heterocycles. The van der Waals surface area contributed by atoms with Crippen molar-refractivity contribution in [1.82, 2.24) is 23.7 Å². The lowest BCUT2D eigenvalue weighted by molar-refractivity contribution is 0.669. The number of aromatic nitrogens is 5. The average Bonchev–Trinajstić information content (AvgIpc) is 4.17. The van der Waals surface area contributed by atoms with Gasteiger partial charge in [0.1, 0.15) is 17.0 Å². The Hall–Kier alpha value is -8.74. The SMILES string of the molecule is [2H]c1c([2H])c([2H])c2c(c1[2H])c1ccccc1n2-c1cc(-c2c(-c3cccc4oc5ccccc5c34)cccc2-n2c3ccccc3c3ccccc32)nc(-n2c3ccccc3c3c([2H])c([2H])c([2H])c([2H])c32)n1. The molecule has 0 aliphatic heterocycles. The zero-order valence-corrected chi connectivity index (χ0v) is 33.7. The Bertz CT molecular complexity index is 4490. The van der Waals surface area contributed by atoms with E-state index in [1.54, 1.807) is 9.13 Å². The number of furan rings is 1. The van der Waals surface area contributed by atoms with Crippen molar-refractivity contribution in [2.75, 3.05) is 0 Å².